The molecule has 7 heteroatoms. The summed E-state index contributed by atoms with van der Waals surface area (Å²) in [5, 5.41) is 43.4. The van der Waals surface area contributed by atoms with Gasteiger partial charge >= 0.3 is 11.9 Å². The number of carboxylic acids is 1. The maximum atomic E-state index is 12.8. The molecule has 0 spiro atoms. The molecule has 0 aromatic rings. The zero-order chi connectivity index (χ0) is 26.4. The summed E-state index contributed by atoms with van der Waals surface area (Å²) in [5.41, 5.74) is 0.726. The van der Waals surface area contributed by atoms with Gasteiger partial charge in [0.25, 0.3) is 0 Å². The van der Waals surface area contributed by atoms with Crippen molar-refractivity contribution in [2.75, 3.05) is 0 Å². The van der Waals surface area contributed by atoms with E-state index < -0.39 is 23.6 Å². The molecule has 11 atom stereocenters. The molecular weight excluding hydrogens is 460 g/mol. The van der Waals surface area contributed by atoms with E-state index in [1.54, 1.807) is 13.0 Å². The molecule has 0 radical (unpaired) electrons. The van der Waals surface area contributed by atoms with Gasteiger partial charge in [-0.2, -0.15) is 0 Å². The SMILES string of the molecule is C/C(=C\CCC1=C2[C@H](C[C@@]3(C)[C@H]2C[C@@H](O)[C@H]2[C@@]4(C)CC[C@@H](O)[C@@H](C)[C@@H]4C[C@@H](O)[C@@]23C)OC1=O)C(=O)O. The van der Waals surface area contributed by atoms with Crippen molar-refractivity contribution >= 4 is 11.9 Å². The first-order valence-electron chi connectivity index (χ1n) is 13.7. The number of hydrogen-bond acceptors (Lipinski definition) is 6. The molecule has 5 aliphatic rings. The number of ether oxygens (including phenoxy) is 1. The maximum absolute atomic E-state index is 12.8. The van der Waals surface area contributed by atoms with Crippen LogP contribution in [0, 0.1) is 39.9 Å². The van der Waals surface area contributed by atoms with Gasteiger partial charge in [0.1, 0.15) is 6.10 Å². The molecule has 1 heterocycles. The fourth-order valence-corrected chi connectivity index (χ4v) is 9.76. The summed E-state index contributed by atoms with van der Waals surface area (Å²) in [4.78, 5) is 24.0. The third-order valence-corrected chi connectivity index (χ3v) is 11.8. The van der Waals surface area contributed by atoms with Gasteiger partial charge in [-0.3, -0.25) is 0 Å². The Morgan fingerprint density at radius 1 is 1.14 bits per heavy atom. The Bertz CT molecular complexity index is 1030. The van der Waals surface area contributed by atoms with Crippen molar-refractivity contribution < 1.29 is 34.8 Å². The van der Waals surface area contributed by atoms with E-state index in [0.717, 1.165) is 12.0 Å². The zero-order valence-corrected chi connectivity index (χ0v) is 22.2. The lowest BCUT2D eigenvalue weighted by molar-refractivity contribution is -0.273. The van der Waals surface area contributed by atoms with Crippen LogP contribution in [0.2, 0.25) is 0 Å². The molecule has 7 nitrogen and oxygen atoms in total. The van der Waals surface area contributed by atoms with Crippen molar-refractivity contribution in [1.29, 1.82) is 0 Å². The highest BCUT2D eigenvalue weighted by molar-refractivity contribution is 5.93. The average Bonchev–Trinajstić information content (AvgIpc) is 3.25. The smallest absolute Gasteiger partial charge is 0.334 e. The monoisotopic (exact) mass is 502 g/mol. The second-order valence-corrected chi connectivity index (χ2v) is 13.1. The number of esters is 1. The van der Waals surface area contributed by atoms with Crippen molar-refractivity contribution in [1.82, 2.24) is 0 Å². The lowest BCUT2D eigenvalue weighted by Gasteiger charge is -2.70. The van der Waals surface area contributed by atoms with Crippen LogP contribution in [0.15, 0.2) is 22.8 Å². The van der Waals surface area contributed by atoms with Gasteiger partial charge in [0.15, 0.2) is 0 Å². The molecule has 0 aromatic heterocycles. The number of carbonyl (C=O) groups is 2. The van der Waals surface area contributed by atoms with Crippen molar-refractivity contribution in [3.63, 3.8) is 0 Å². The second kappa shape index (κ2) is 8.40. The number of carboxylic acid groups (broad SMARTS) is 1. The standard InChI is InChI=1S/C29H42O7/c1-14(25(33)34)7-6-8-16-23-18-11-20(31)24-27(3)10-9-19(30)15(2)17(27)12-22(32)29(24,5)28(18,4)13-21(23)36-26(16)35/h7,15,17-22,24,30-32H,6,8-13H2,1-5H3,(H,33,34)/b14-7+/t15-,17-,18-,19+,20+,21-,22+,24-,27-,28-,29-/m0/s1. The lowest BCUT2D eigenvalue weighted by atomic mass is 9.35. The normalized spacial score (nSPS) is 50.2. The van der Waals surface area contributed by atoms with Crippen molar-refractivity contribution in [3.8, 4) is 0 Å². The summed E-state index contributed by atoms with van der Waals surface area (Å²) < 4.78 is 5.87. The van der Waals surface area contributed by atoms with Crippen molar-refractivity contribution in [3.05, 3.63) is 22.8 Å². The summed E-state index contributed by atoms with van der Waals surface area (Å²) in [6.07, 6.45) is 3.81. The lowest BCUT2D eigenvalue weighted by Crippen LogP contribution is -2.70. The Balaban J connectivity index is 1.53. The average molecular weight is 503 g/mol. The van der Waals surface area contributed by atoms with E-state index in [-0.39, 0.29) is 58.3 Å². The summed E-state index contributed by atoms with van der Waals surface area (Å²) in [6.45, 7) is 10.3. The largest absolute Gasteiger partial charge is 0.478 e. The number of rotatable bonds is 4. The third kappa shape index (κ3) is 3.27. The molecule has 0 unspecified atom stereocenters. The molecule has 36 heavy (non-hydrogen) atoms. The minimum absolute atomic E-state index is 0.0706. The van der Waals surface area contributed by atoms with E-state index in [1.165, 1.54) is 0 Å². The van der Waals surface area contributed by atoms with Gasteiger partial charge in [0, 0.05) is 16.6 Å². The minimum atomic E-state index is -0.968. The molecule has 0 bridgehead atoms. The van der Waals surface area contributed by atoms with Crippen LogP contribution in [0.5, 0.6) is 0 Å². The number of fused-ring (bicyclic) bond motifs is 7. The molecule has 0 amide bonds. The number of carbonyl (C=O) groups excluding carboxylic acids is 1. The van der Waals surface area contributed by atoms with Gasteiger partial charge in [-0.05, 0) is 91.9 Å². The number of aliphatic hydroxyl groups is 3. The molecule has 0 aromatic carbocycles. The third-order valence-electron chi connectivity index (χ3n) is 11.8. The Hall–Kier alpha value is -1.70. The highest BCUT2D eigenvalue weighted by Gasteiger charge is 2.74. The summed E-state index contributed by atoms with van der Waals surface area (Å²) >= 11 is 0. The van der Waals surface area contributed by atoms with Gasteiger partial charge < -0.3 is 25.2 Å². The van der Waals surface area contributed by atoms with Gasteiger partial charge in [-0.15, -0.1) is 0 Å². The van der Waals surface area contributed by atoms with E-state index in [1.807, 2.05) is 0 Å². The first kappa shape index (κ1) is 25.9. The van der Waals surface area contributed by atoms with E-state index in [2.05, 4.69) is 27.7 Å². The molecule has 1 aliphatic heterocycles. The van der Waals surface area contributed by atoms with E-state index in [4.69, 9.17) is 9.84 Å². The van der Waals surface area contributed by atoms with E-state index >= 15 is 0 Å². The first-order valence-corrected chi connectivity index (χ1v) is 13.7. The fraction of sp³-hybridized carbons (Fsp3) is 0.793. The highest BCUT2D eigenvalue weighted by Crippen LogP contribution is 2.74. The quantitative estimate of drug-likeness (QED) is 0.342. The molecule has 0 saturated heterocycles. The Kier molecular flexibility index (Phi) is 6.05. The van der Waals surface area contributed by atoms with E-state index in [0.29, 0.717) is 44.1 Å². The van der Waals surface area contributed by atoms with Gasteiger partial charge in [0.05, 0.1) is 18.3 Å². The predicted octanol–water partition coefficient (Wildman–Crippen LogP) is 3.61. The van der Waals surface area contributed by atoms with Crippen LogP contribution in [0.1, 0.15) is 79.6 Å². The molecule has 4 saturated carbocycles. The fourth-order valence-electron chi connectivity index (χ4n) is 9.76. The second-order valence-electron chi connectivity index (χ2n) is 13.1. The van der Waals surface area contributed by atoms with Crippen LogP contribution in [-0.2, 0) is 14.3 Å². The number of aliphatic hydroxyl groups excluding tert-OH is 3. The van der Waals surface area contributed by atoms with E-state index in [9.17, 15) is 24.9 Å². The number of aliphatic carboxylic acids is 1. The van der Waals surface area contributed by atoms with Gasteiger partial charge in [-0.25, -0.2) is 9.59 Å². The maximum Gasteiger partial charge on any atom is 0.334 e. The summed E-state index contributed by atoms with van der Waals surface area (Å²) in [7, 11) is 0. The molecule has 5 rings (SSSR count). The predicted molar refractivity (Wildman–Crippen MR) is 133 cm³/mol. The highest BCUT2D eigenvalue weighted by atomic mass is 16.5. The van der Waals surface area contributed by atoms with Crippen LogP contribution >= 0.6 is 0 Å². The summed E-state index contributed by atoms with van der Waals surface area (Å²) in [6, 6.07) is 0. The molecule has 4 N–H and O–H groups in total. The van der Waals surface area contributed by atoms with Gasteiger partial charge in [0.2, 0.25) is 0 Å². The Morgan fingerprint density at radius 2 is 1.83 bits per heavy atom. The molecular formula is C29H42O7. The Morgan fingerprint density at radius 3 is 2.50 bits per heavy atom. The number of allylic oxidation sites excluding steroid dienone is 1. The number of hydrogen-bond donors (Lipinski definition) is 4. The molecule has 4 aliphatic carbocycles. The van der Waals surface area contributed by atoms with Crippen LogP contribution in [0.4, 0.5) is 0 Å². The first-order chi connectivity index (χ1) is 16.8. The van der Waals surface area contributed by atoms with Gasteiger partial charge in [-0.1, -0.05) is 33.8 Å². The zero-order valence-electron chi connectivity index (χ0n) is 22.2. The summed E-state index contributed by atoms with van der Waals surface area (Å²) in [5.74, 6) is -1.28. The van der Waals surface area contributed by atoms with Crippen molar-refractivity contribution in [2.45, 2.75) is 104 Å². The minimum Gasteiger partial charge on any atom is -0.478 e. The van der Waals surface area contributed by atoms with Crippen LogP contribution in [0.3, 0.4) is 0 Å². The van der Waals surface area contributed by atoms with Crippen molar-refractivity contribution in [2.24, 2.45) is 39.9 Å². The van der Waals surface area contributed by atoms with Crippen LogP contribution in [0.25, 0.3) is 0 Å². The molecule has 4 fully saturated rings. The molecule has 200 valence electrons. The van der Waals surface area contributed by atoms with Crippen LogP contribution < -0.4 is 0 Å². The topological polar surface area (TPSA) is 124 Å². The van der Waals surface area contributed by atoms with Crippen LogP contribution in [-0.4, -0.2) is 56.8 Å². The Labute approximate surface area is 213 Å².